The number of rotatable bonds is 6. The molecule has 0 fully saturated rings. The lowest BCUT2D eigenvalue weighted by Crippen LogP contribution is -2.40. The van der Waals surface area contributed by atoms with Gasteiger partial charge in [-0.1, -0.05) is 23.7 Å². The van der Waals surface area contributed by atoms with E-state index in [1.165, 1.54) is 4.90 Å². The molecule has 0 saturated heterocycles. The molecule has 1 unspecified atom stereocenters. The molecule has 144 valence electrons. The maximum absolute atomic E-state index is 12.2. The van der Waals surface area contributed by atoms with Crippen molar-refractivity contribution in [1.82, 2.24) is 5.32 Å². The Morgan fingerprint density at radius 3 is 2.26 bits per heavy atom. The number of carbonyl (C=O) groups is 2. The molecule has 2 aromatic carbocycles. The Labute approximate surface area is 164 Å². The first-order valence-electron chi connectivity index (χ1n) is 8.55. The van der Waals surface area contributed by atoms with Crippen LogP contribution in [0, 0.1) is 0 Å². The van der Waals surface area contributed by atoms with Gasteiger partial charge in [0, 0.05) is 18.8 Å². The maximum atomic E-state index is 12.2. The molecule has 0 aromatic heterocycles. The molecule has 0 aliphatic carbocycles. The largest absolute Gasteiger partial charge is 0.477 e. The van der Waals surface area contributed by atoms with E-state index in [4.69, 9.17) is 21.1 Å². The highest BCUT2D eigenvalue weighted by molar-refractivity contribution is 6.32. The van der Waals surface area contributed by atoms with Gasteiger partial charge in [-0.3, -0.25) is 4.90 Å². The molecule has 0 spiro atoms. The van der Waals surface area contributed by atoms with Gasteiger partial charge in [0.1, 0.15) is 11.5 Å². The highest BCUT2D eigenvalue weighted by atomic mass is 35.5. The second-order valence-electron chi connectivity index (χ2n) is 6.27. The number of carbonyl (C=O) groups excluding carboxylic acids is 2. The van der Waals surface area contributed by atoms with Crippen molar-refractivity contribution in [2.75, 3.05) is 11.9 Å². The summed E-state index contributed by atoms with van der Waals surface area (Å²) in [6.07, 6.45) is -0.830. The zero-order valence-electron chi connectivity index (χ0n) is 15.7. The van der Waals surface area contributed by atoms with Gasteiger partial charge < -0.3 is 14.8 Å². The third-order valence-corrected chi connectivity index (χ3v) is 3.94. The summed E-state index contributed by atoms with van der Waals surface area (Å²) < 4.78 is 10.9. The molecule has 2 rings (SSSR count). The van der Waals surface area contributed by atoms with Gasteiger partial charge in [0.25, 0.3) is 0 Å². The van der Waals surface area contributed by atoms with E-state index in [0.717, 1.165) is 0 Å². The van der Waals surface area contributed by atoms with Crippen LogP contribution in [-0.2, 0) is 4.79 Å². The Morgan fingerprint density at radius 1 is 1.04 bits per heavy atom. The number of hydrogen-bond donors (Lipinski definition) is 1. The number of para-hydroxylation sites is 1. The lowest BCUT2D eigenvalue weighted by atomic mass is 10.3. The highest BCUT2D eigenvalue weighted by Gasteiger charge is 2.19. The summed E-state index contributed by atoms with van der Waals surface area (Å²) in [5, 5.41) is 3.23. The summed E-state index contributed by atoms with van der Waals surface area (Å²) in [4.78, 5) is 25.7. The van der Waals surface area contributed by atoms with Crippen LogP contribution in [0.25, 0.3) is 0 Å². The van der Waals surface area contributed by atoms with Gasteiger partial charge in [-0.2, -0.15) is 0 Å². The molecule has 0 aliphatic heterocycles. The van der Waals surface area contributed by atoms with Gasteiger partial charge in [-0.15, -0.1) is 0 Å². The average molecular weight is 391 g/mol. The highest BCUT2D eigenvalue weighted by Crippen LogP contribution is 2.25. The zero-order valence-corrected chi connectivity index (χ0v) is 16.5. The van der Waals surface area contributed by atoms with E-state index < -0.39 is 12.1 Å². The van der Waals surface area contributed by atoms with E-state index in [1.54, 1.807) is 62.5 Å². The van der Waals surface area contributed by atoms with Crippen LogP contribution in [0.4, 0.5) is 10.5 Å². The van der Waals surface area contributed by atoms with E-state index in [2.05, 4.69) is 5.32 Å². The third kappa shape index (κ3) is 5.89. The van der Waals surface area contributed by atoms with Gasteiger partial charge in [0.15, 0.2) is 6.10 Å². The monoisotopic (exact) mass is 390 g/mol. The lowest BCUT2D eigenvalue weighted by molar-refractivity contribution is -0.141. The summed E-state index contributed by atoms with van der Waals surface area (Å²) in [5.41, 5.74) is 0.674. The number of esters is 1. The normalized spacial score (nSPS) is 11.6. The van der Waals surface area contributed by atoms with Gasteiger partial charge in [-0.25, -0.2) is 9.59 Å². The quantitative estimate of drug-likeness (QED) is 0.590. The molecule has 0 aliphatic rings. The first-order chi connectivity index (χ1) is 12.8. The Morgan fingerprint density at radius 2 is 1.67 bits per heavy atom. The number of hydrogen-bond acceptors (Lipinski definition) is 4. The number of benzene rings is 2. The molecule has 0 bridgehead atoms. The van der Waals surface area contributed by atoms with Crippen molar-refractivity contribution in [3.63, 3.8) is 0 Å². The molecule has 0 saturated carbocycles. The third-order valence-electron chi connectivity index (χ3n) is 3.63. The first kappa shape index (κ1) is 20.6. The predicted molar refractivity (Wildman–Crippen MR) is 106 cm³/mol. The number of nitrogens with one attached hydrogen (secondary N) is 1. The van der Waals surface area contributed by atoms with Crippen LogP contribution >= 0.6 is 11.6 Å². The van der Waals surface area contributed by atoms with Crippen molar-refractivity contribution in [2.24, 2.45) is 0 Å². The van der Waals surface area contributed by atoms with Crippen LogP contribution in [-0.4, -0.2) is 31.2 Å². The summed E-state index contributed by atoms with van der Waals surface area (Å²) in [6, 6.07) is 13.4. The minimum Gasteiger partial charge on any atom is -0.477 e. The summed E-state index contributed by atoms with van der Waals surface area (Å²) in [7, 11) is 1.66. The number of amides is 2. The minimum absolute atomic E-state index is 0.0415. The van der Waals surface area contributed by atoms with Crippen molar-refractivity contribution >= 4 is 29.3 Å². The molecule has 6 nitrogen and oxygen atoms in total. The van der Waals surface area contributed by atoms with Gasteiger partial charge in [-0.05, 0) is 57.2 Å². The van der Waals surface area contributed by atoms with Gasteiger partial charge in [0.05, 0.1) is 5.02 Å². The predicted octanol–water partition coefficient (Wildman–Crippen LogP) is 4.27. The maximum Gasteiger partial charge on any atom is 0.352 e. The van der Waals surface area contributed by atoms with E-state index in [-0.39, 0.29) is 12.1 Å². The number of ether oxygens (including phenoxy) is 2. The van der Waals surface area contributed by atoms with Crippen molar-refractivity contribution < 1.29 is 19.1 Å². The fourth-order valence-electron chi connectivity index (χ4n) is 2.18. The van der Waals surface area contributed by atoms with Crippen LogP contribution in [0.15, 0.2) is 48.5 Å². The standard InChI is InChI=1S/C20H23ClN2O4/c1-13(2)22-20(25)23(4)15-9-11-16(12-10-15)27-19(24)14(3)26-18-8-6-5-7-17(18)21/h5-14H,1-4H3,(H,22,25). The van der Waals surface area contributed by atoms with Crippen molar-refractivity contribution in [3.8, 4) is 11.5 Å². The summed E-state index contributed by atoms with van der Waals surface area (Å²) in [6.45, 7) is 5.37. The molecular weight excluding hydrogens is 368 g/mol. The fraction of sp³-hybridized carbons (Fsp3) is 0.300. The Bertz CT molecular complexity index is 793. The Kier molecular flexibility index (Phi) is 7.07. The van der Waals surface area contributed by atoms with Gasteiger partial charge >= 0.3 is 12.0 Å². The van der Waals surface area contributed by atoms with Crippen molar-refractivity contribution in [1.29, 1.82) is 0 Å². The number of halogens is 1. The molecule has 7 heteroatoms. The van der Waals surface area contributed by atoms with Crippen LogP contribution < -0.4 is 19.7 Å². The number of nitrogens with zero attached hydrogens (tertiary/aromatic N) is 1. The molecule has 2 aromatic rings. The zero-order chi connectivity index (χ0) is 20.0. The van der Waals surface area contributed by atoms with Crippen LogP contribution in [0.2, 0.25) is 5.02 Å². The first-order valence-corrected chi connectivity index (χ1v) is 8.93. The molecular formula is C20H23ClN2O4. The van der Waals surface area contributed by atoms with E-state index >= 15 is 0 Å². The second kappa shape index (κ2) is 9.28. The molecule has 0 heterocycles. The minimum atomic E-state index is -0.830. The Hall–Kier alpha value is -2.73. The van der Waals surface area contributed by atoms with Crippen LogP contribution in [0.5, 0.6) is 11.5 Å². The van der Waals surface area contributed by atoms with Crippen molar-refractivity contribution in [2.45, 2.75) is 32.9 Å². The van der Waals surface area contributed by atoms with E-state index in [1.807, 2.05) is 13.8 Å². The van der Waals surface area contributed by atoms with E-state index in [9.17, 15) is 9.59 Å². The molecule has 2 amide bonds. The van der Waals surface area contributed by atoms with Crippen LogP contribution in [0.1, 0.15) is 20.8 Å². The molecule has 1 N–H and O–H groups in total. The smallest absolute Gasteiger partial charge is 0.352 e. The van der Waals surface area contributed by atoms with Crippen molar-refractivity contribution in [3.05, 3.63) is 53.6 Å². The molecule has 1 atom stereocenters. The fourth-order valence-corrected chi connectivity index (χ4v) is 2.36. The summed E-state index contributed by atoms with van der Waals surface area (Å²) in [5.74, 6) is 0.223. The summed E-state index contributed by atoms with van der Waals surface area (Å²) >= 11 is 6.02. The topological polar surface area (TPSA) is 67.9 Å². The van der Waals surface area contributed by atoms with E-state index in [0.29, 0.717) is 22.2 Å². The lowest BCUT2D eigenvalue weighted by Gasteiger charge is -2.20. The SMILES string of the molecule is CC(C)NC(=O)N(C)c1ccc(OC(=O)C(C)Oc2ccccc2Cl)cc1. The molecule has 0 radical (unpaired) electrons. The van der Waals surface area contributed by atoms with Crippen LogP contribution in [0.3, 0.4) is 0 Å². The average Bonchev–Trinajstić information content (AvgIpc) is 2.63. The van der Waals surface area contributed by atoms with Gasteiger partial charge in [0.2, 0.25) is 0 Å². The molecule has 27 heavy (non-hydrogen) atoms. The number of anilines is 1. The second-order valence-corrected chi connectivity index (χ2v) is 6.68. The Balaban J connectivity index is 1.96. The number of urea groups is 1.